The summed E-state index contributed by atoms with van der Waals surface area (Å²) in [6, 6.07) is 5.50. The molecule has 2 unspecified atom stereocenters. The van der Waals surface area contributed by atoms with Gasteiger partial charge in [-0.25, -0.2) is 0 Å². The van der Waals surface area contributed by atoms with E-state index in [0.29, 0.717) is 11.3 Å². The number of rotatable bonds is 4. The Morgan fingerprint density at radius 2 is 2.18 bits per heavy atom. The molecule has 2 aromatic rings. The first-order valence-electron chi connectivity index (χ1n) is 5.38. The van der Waals surface area contributed by atoms with Crippen LogP contribution in [0.2, 0.25) is 0 Å². The summed E-state index contributed by atoms with van der Waals surface area (Å²) in [7, 11) is 1.58. The lowest BCUT2D eigenvalue weighted by atomic mass is 10.0. The van der Waals surface area contributed by atoms with E-state index in [1.165, 1.54) is 0 Å². The van der Waals surface area contributed by atoms with Crippen LogP contribution in [0.25, 0.3) is 10.9 Å². The van der Waals surface area contributed by atoms with Crippen LogP contribution in [0.3, 0.4) is 0 Å². The van der Waals surface area contributed by atoms with Gasteiger partial charge in [-0.2, -0.15) is 0 Å². The SMILES string of the molecule is COc1ccc2[nH]cc(C(O)C(O)CN)c2c1. The second-order valence-electron chi connectivity index (χ2n) is 3.90. The van der Waals surface area contributed by atoms with Gasteiger partial charge in [-0.15, -0.1) is 0 Å². The van der Waals surface area contributed by atoms with Gasteiger partial charge in [0.2, 0.25) is 0 Å². The monoisotopic (exact) mass is 236 g/mol. The molecule has 0 aliphatic rings. The molecular weight excluding hydrogens is 220 g/mol. The predicted molar refractivity (Wildman–Crippen MR) is 64.9 cm³/mol. The first-order chi connectivity index (χ1) is 8.17. The Bertz CT molecular complexity index is 509. The van der Waals surface area contributed by atoms with E-state index >= 15 is 0 Å². The minimum atomic E-state index is -0.999. The molecule has 0 aliphatic carbocycles. The fraction of sp³-hybridized carbons (Fsp3) is 0.333. The number of aliphatic hydroxyl groups excluding tert-OH is 2. The Kier molecular flexibility index (Phi) is 3.33. The van der Waals surface area contributed by atoms with Crippen molar-refractivity contribution in [1.29, 1.82) is 0 Å². The zero-order chi connectivity index (χ0) is 12.4. The Labute approximate surface area is 98.8 Å². The summed E-state index contributed by atoms with van der Waals surface area (Å²) in [6.45, 7) is 0.0117. The summed E-state index contributed by atoms with van der Waals surface area (Å²) in [6.07, 6.45) is -0.297. The molecule has 2 rings (SSSR count). The van der Waals surface area contributed by atoms with Gasteiger partial charge in [0.05, 0.1) is 13.2 Å². The first kappa shape index (κ1) is 11.9. The Morgan fingerprint density at radius 3 is 2.82 bits per heavy atom. The number of aliphatic hydroxyl groups is 2. The van der Waals surface area contributed by atoms with Crippen LogP contribution in [-0.4, -0.2) is 35.0 Å². The van der Waals surface area contributed by atoms with Crippen molar-refractivity contribution in [3.8, 4) is 5.75 Å². The van der Waals surface area contributed by atoms with Crippen LogP contribution in [0.1, 0.15) is 11.7 Å². The molecule has 1 aromatic heterocycles. The van der Waals surface area contributed by atoms with Crippen LogP contribution >= 0.6 is 0 Å². The number of nitrogens with two attached hydrogens (primary N) is 1. The molecule has 0 spiro atoms. The zero-order valence-electron chi connectivity index (χ0n) is 9.55. The molecule has 5 N–H and O–H groups in total. The molecule has 5 nitrogen and oxygen atoms in total. The minimum absolute atomic E-state index is 0.0117. The summed E-state index contributed by atoms with van der Waals surface area (Å²) in [5.41, 5.74) is 6.84. The quantitative estimate of drug-likeness (QED) is 0.623. The number of aromatic nitrogens is 1. The molecule has 0 aliphatic heterocycles. The summed E-state index contributed by atoms with van der Waals surface area (Å²) >= 11 is 0. The van der Waals surface area contributed by atoms with E-state index in [9.17, 15) is 10.2 Å². The third kappa shape index (κ3) is 2.12. The van der Waals surface area contributed by atoms with E-state index in [1.54, 1.807) is 13.3 Å². The van der Waals surface area contributed by atoms with Gasteiger partial charge >= 0.3 is 0 Å². The Morgan fingerprint density at radius 1 is 1.41 bits per heavy atom. The number of hydrogen-bond donors (Lipinski definition) is 4. The number of methoxy groups -OCH3 is 1. The third-order valence-electron chi connectivity index (χ3n) is 2.85. The van der Waals surface area contributed by atoms with E-state index < -0.39 is 12.2 Å². The molecule has 0 saturated carbocycles. The summed E-state index contributed by atoms with van der Waals surface area (Å²) in [5.74, 6) is 0.702. The van der Waals surface area contributed by atoms with Crippen LogP contribution in [0.5, 0.6) is 5.75 Å². The fourth-order valence-electron chi connectivity index (χ4n) is 1.83. The summed E-state index contributed by atoms with van der Waals surface area (Å²) in [4.78, 5) is 3.03. The standard InChI is InChI=1S/C12H16N2O3/c1-17-7-2-3-10-8(4-7)9(6-14-10)12(16)11(15)5-13/h2-4,6,11-12,14-16H,5,13H2,1H3. The maximum atomic E-state index is 9.95. The number of ether oxygens (including phenoxy) is 1. The van der Waals surface area contributed by atoms with Crippen molar-refractivity contribution in [3.05, 3.63) is 30.0 Å². The topological polar surface area (TPSA) is 91.5 Å². The molecule has 0 radical (unpaired) electrons. The lowest BCUT2D eigenvalue weighted by molar-refractivity contribution is 0.0252. The largest absolute Gasteiger partial charge is 0.497 e. The average molecular weight is 236 g/mol. The molecule has 92 valence electrons. The second kappa shape index (κ2) is 4.75. The zero-order valence-corrected chi connectivity index (χ0v) is 9.55. The minimum Gasteiger partial charge on any atom is -0.497 e. The van der Waals surface area contributed by atoms with Crippen molar-refractivity contribution in [2.45, 2.75) is 12.2 Å². The number of H-pyrrole nitrogens is 1. The molecule has 17 heavy (non-hydrogen) atoms. The lowest BCUT2D eigenvalue weighted by Crippen LogP contribution is -2.26. The van der Waals surface area contributed by atoms with Gasteiger partial charge in [-0.05, 0) is 18.2 Å². The third-order valence-corrected chi connectivity index (χ3v) is 2.85. The van der Waals surface area contributed by atoms with Gasteiger partial charge in [-0.3, -0.25) is 0 Å². The lowest BCUT2D eigenvalue weighted by Gasteiger charge is -2.15. The maximum absolute atomic E-state index is 9.95. The van der Waals surface area contributed by atoms with Crippen molar-refractivity contribution in [2.75, 3.05) is 13.7 Å². The molecule has 1 heterocycles. The molecule has 2 atom stereocenters. The number of hydrogen-bond acceptors (Lipinski definition) is 4. The maximum Gasteiger partial charge on any atom is 0.119 e. The summed E-state index contributed by atoms with van der Waals surface area (Å²) in [5, 5.41) is 20.3. The van der Waals surface area contributed by atoms with Crippen LogP contribution < -0.4 is 10.5 Å². The van der Waals surface area contributed by atoms with Gasteiger partial charge in [0.25, 0.3) is 0 Å². The van der Waals surface area contributed by atoms with E-state index in [-0.39, 0.29) is 6.54 Å². The number of aromatic amines is 1. The molecule has 0 fully saturated rings. The van der Waals surface area contributed by atoms with Crippen molar-refractivity contribution >= 4 is 10.9 Å². The molecule has 5 heteroatoms. The van der Waals surface area contributed by atoms with Gasteiger partial charge in [0, 0.05) is 29.2 Å². The number of nitrogens with one attached hydrogen (secondary N) is 1. The highest BCUT2D eigenvalue weighted by atomic mass is 16.5. The smallest absolute Gasteiger partial charge is 0.119 e. The average Bonchev–Trinajstić information content (AvgIpc) is 2.79. The Balaban J connectivity index is 2.47. The first-order valence-corrected chi connectivity index (χ1v) is 5.38. The second-order valence-corrected chi connectivity index (χ2v) is 3.90. The van der Waals surface area contributed by atoms with Gasteiger partial charge in [0.15, 0.2) is 0 Å². The Hall–Kier alpha value is -1.56. The molecular formula is C12H16N2O3. The van der Waals surface area contributed by atoms with E-state index in [1.807, 2.05) is 18.2 Å². The molecule has 0 saturated heterocycles. The fourth-order valence-corrected chi connectivity index (χ4v) is 1.83. The predicted octanol–water partition coefficient (Wildman–Crippen LogP) is 0.530. The highest BCUT2D eigenvalue weighted by Crippen LogP contribution is 2.28. The van der Waals surface area contributed by atoms with E-state index in [4.69, 9.17) is 10.5 Å². The number of fused-ring (bicyclic) bond motifs is 1. The molecule has 1 aromatic carbocycles. The van der Waals surface area contributed by atoms with Crippen molar-refractivity contribution in [2.24, 2.45) is 5.73 Å². The van der Waals surface area contributed by atoms with Crippen LogP contribution in [-0.2, 0) is 0 Å². The molecule has 0 amide bonds. The molecule has 0 bridgehead atoms. The highest BCUT2D eigenvalue weighted by molar-refractivity contribution is 5.85. The number of benzene rings is 1. The van der Waals surface area contributed by atoms with Crippen LogP contribution in [0, 0.1) is 0 Å². The van der Waals surface area contributed by atoms with Gasteiger partial charge in [-0.1, -0.05) is 0 Å². The van der Waals surface area contributed by atoms with Crippen molar-refractivity contribution in [1.82, 2.24) is 4.98 Å². The van der Waals surface area contributed by atoms with Crippen molar-refractivity contribution in [3.63, 3.8) is 0 Å². The summed E-state index contributed by atoms with van der Waals surface area (Å²) < 4.78 is 5.13. The van der Waals surface area contributed by atoms with Gasteiger partial charge < -0.3 is 25.7 Å². The van der Waals surface area contributed by atoms with Crippen LogP contribution in [0.15, 0.2) is 24.4 Å². The highest BCUT2D eigenvalue weighted by Gasteiger charge is 2.20. The van der Waals surface area contributed by atoms with Gasteiger partial charge in [0.1, 0.15) is 11.9 Å². The van der Waals surface area contributed by atoms with Crippen LogP contribution in [0.4, 0.5) is 0 Å². The normalized spacial score (nSPS) is 14.8. The van der Waals surface area contributed by atoms with E-state index in [0.717, 1.165) is 10.9 Å². The van der Waals surface area contributed by atoms with E-state index in [2.05, 4.69) is 4.98 Å². The van der Waals surface area contributed by atoms with Crippen molar-refractivity contribution < 1.29 is 14.9 Å².